The highest BCUT2D eigenvalue weighted by Gasteiger charge is 2.34. The van der Waals surface area contributed by atoms with Gasteiger partial charge in [-0.3, -0.25) is 9.69 Å². The Morgan fingerprint density at radius 2 is 2.08 bits per heavy atom. The first-order chi connectivity index (χ1) is 12.1. The number of methoxy groups -OCH3 is 1. The predicted octanol–water partition coefficient (Wildman–Crippen LogP) is 2.94. The van der Waals surface area contributed by atoms with Crippen molar-refractivity contribution in [3.8, 4) is 11.5 Å². The summed E-state index contributed by atoms with van der Waals surface area (Å²) in [6.07, 6.45) is 1.15. The molecule has 3 heterocycles. The number of phenolic OH excluding ortho intramolecular Hbond substituents is 1. The molecule has 2 atom stereocenters. The van der Waals surface area contributed by atoms with Crippen molar-refractivity contribution in [2.24, 2.45) is 5.92 Å². The molecule has 0 unspecified atom stereocenters. The Kier molecular flexibility index (Phi) is 4.33. The molecule has 2 aliphatic rings. The third-order valence-corrected chi connectivity index (χ3v) is 6.21. The lowest BCUT2D eigenvalue weighted by atomic mass is 9.83. The van der Waals surface area contributed by atoms with E-state index < -0.39 is 0 Å². The number of likely N-dealkylation sites (tertiary alicyclic amines) is 1. The summed E-state index contributed by atoms with van der Waals surface area (Å²) < 4.78 is 7.80. The average molecular weight is 405 g/mol. The summed E-state index contributed by atoms with van der Waals surface area (Å²) in [5.74, 6) is 1.51. The summed E-state index contributed by atoms with van der Waals surface area (Å²) in [4.78, 5) is 14.5. The molecule has 1 aromatic heterocycles. The van der Waals surface area contributed by atoms with Crippen LogP contribution >= 0.6 is 15.9 Å². The highest BCUT2D eigenvalue weighted by molar-refractivity contribution is 9.10. The van der Waals surface area contributed by atoms with Gasteiger partial charge in [0.15, 0.2) is 11.5 Å². The number of benzene rings is 1. The molecule has 2 aromatic rings. The lowest BCUT2D eigenvalue weighted by molar-refractivity contribution is 0.114. The summed E-state index contributed by atoms with van der Waals surface area (Å²) in [6.45, 7) is 3.47. The van der Waals surface area contributed by atoms with E-state index in [0.717, 1.165) is 43.9 Å². The summed E-state index contributed by atoms with van der Waals surface area (Å²) in [7, 11) is 1.55. The van der Waals surface area contributed by atoms with Crippen LogP contribution in [0.15, 0.2) is 39.6 Å². The Balaban J connectivity index is 1.57. The molecule has 0 radical (unpaired) electrons. The third-order valence-electron chi connectivity index (χ3n) is 5.33. The highest BCUT2D eigenvalue weighted by atomic mass is 79.9. The number of aromatic nitrogens is 1. The van der Waals surface area contributed by atoms with E-state index in [4.69, 9.17) is 4.74 Å². The summed E-state index contributed by atoms with van der Waals surface area (Å²) in [6, 6.07) is 9.40. The van der Waals surface area contributed by atoms with Crippen molar-refractivity contribution >= 4 is 15.9 Å². The third kappa shape index (κ3) is 2.98. The number of fused-ring (bicyclic) bond motifs is 4. The lowest BCUT2D eigenvalue weighted by Crippen LogP contribution is -2.46. The van der Waals surface area contributed by atoms with Gasteiger partial charge in [0.25, 0.3) is 5.56 Å². The van der Waals surface area contributed by atoms with Gasteiger partial charge < -0.3 is 14.4 Å². The Morgan fingerprint density at radius 3 is 2.88 bits per heavy atom. The van der Waals surface area contributed by atoms with Crippen LogP contribution in [0.5, 0.6) is 11.5 Å². The van der Waals surface area contributed by atoms with Crippen LogP contribution in [0, 0.1) is 5.92 Å². The second-order valence-corrected chi connectivity index (χ2v) is 7.77. The number of aromatic hydroxyl groups is 1. The van der Waals surface area contributed by atoms with Gasteiger partial charge in [0, 0.05) is 43.9 Å². The second kappa shape index (κ2) is 6.50. The summed E-state index contributed by atoms with van der Waals surface area (Å²) >= 11 is 3.49. The van der Waals surface area contributed by atoms with Crippen LogP contribution in [-0.2, 0) is 13.1 Å². The van der Waals surface area contributed by atoms with Crippen LogP contribution in [-0.4, -0.2) is 34.8 Å². The van der Waals surface area contributed by atoms with Gasteiger partial charge in [-0.1, -0.05) is 12.1 Å². The van der Waals surface area contributed by atoms with Crippen LogP contribution in [0.4, 0.5) is 0 Å². The maximum absolute atomic E-state index is 12.1. The monoisotopic (exact) mass is 404 g/mol. The van der Waals surface area contributed by atoms with Crippen molar-refractivity contribution in [2.75, 3.05) is 20.2 Å². The van der Waals surface area contributed by atoms with Gasteiger partial charge in [-0.25, -0.2) is 0 Å². The van der Waals surface area contributed by atoms with Crippen molar-refractivity contribution in [1.29, 1.82) is 0 Å². The zero-order valence-electron chi connectivity index (χ0n) is 14.1. The van der Waals surface area contributed by atoms with Gasteiger partial charge in [0.05, 0.1) is 11.6 Å². The molecular weight excluding hydrogens is 384 g/mol. The molecule has 0 saturated carbocycles. The summed E-state index contributed by atoms with van der Waals surface area (Å²) in [5, 5.41) is 10.2. The number of hydrogen-bond donors (Lipinski definition) is 1. The molecule has 6 heteroatoms. The molecule has 0 amide bonds. The zero-order valence-corrected chi connectivity index (χ0v) is 15.7. The molecule has 1 fully saturated rings. The summed E-state index contributed by atoms with van der Waals surface area (Å²) in [5.41, 5.74) is 2.32. The Morgan fingerprint density at radius 1 is 1.24 bits per heavy atom. The fourth-order valence-corrected chi connectivity index (χ4v) is 4.69. The van der Waals surface area contributed by atoms with E-state index in [-0.39, 0.29) is 11.3 Å². The number of ether oxygens (including phenoxy) is 1. The number of hydrogen-bond acceptors (Lipinski definition) is 4. The molecule has 0 spiro atoms. The van der Waals surface area contributed by atoms with Crippen molar-refractivity contribution in [1.82, 2.24) is 9.47 Å². The Hall–Kier alpha value is -1.79. The van der Waals surface area contributed by atoms with E-state index in [2.05, 4.69) is 26.9 Å². The van der Waals surface area contributed by atoms with E-state index >= 15 is 0 Å². The van der Waals surface area contributed by atoms with Gasteiger partial charge in [0.1, 0.15) is 0 Å². The Labute approximate surface area is 155 Å². The standard InChI is InChI=1S/C19H21BrN2O3/c1-25-16-6-5-13(18(20)19(16)24)10-21-8-12-7-14(11-21)15-3-2-4-17(23)22(15)9-12/h2-6,12,14,24H,7-11H2,1H3/t12-,14-/m0/s1. The first-order valence-corrected chi connectivity index (χ1v) is 9.32. The van der Waals surface area contributed by atoms with Crippen LogP contribution in [0.25, 0.3) is 0 Å². The van der Waals surface area contributed by atoms with Gasteiger partial charge in [-0.15, -0.1) is 0 Å². The first-order valence-electron chi connectivity index (χ1n) is 8.53. The minimum atomic E-state index is 0.114. The maximum atomic E-state index is 12.1. The van der Waals surface area contributed by atoms with Crippen molar-refractivity contribution < 1.29 is 9.84 Å². The molecule has 2 aliphatic heterocycles. The van der Waals surface area contributed by atoms with Crippen molar-refractivity contribution in [3.63, 3.8) is 0 Å². The molecule has 4 rings (SSSR count). The van der Waals surface area contributed by atoms with Crippen molar-refractivity contribution in [2.45, 2.75) is 25.4 Å². The van der Waals surface area contributed by atoms with Crippen LogP contribution in [0.1, 0.15) is 23.6 Å². The fraction of sp³-hybridized carbons (Fsp3) is 0.421. The van der Waals surface area contributed by atoms with Gasteiger partial charge >= 0.3 is 0 Å². The van der Waals surface area contributed by atoms with Crippen LogP contribution < -0.4 is 10.3 Å². The molecule has 25 heavy (non-hydrogen) atoms. The minimum absolute atomic E-state index is 0.114. The van der Waals surface area contributed by atoms with Crippen molar-refractivity contribution in [3.05, 3.63) is 56.4 Å². The molecule has 1 aromatic carbocycles. The zero-order chi connectivity index (χ0) is 17.6. The SMILES string of the molecule is COc1ccc(CN2C[C@@H]3C[C@@H](C2)c2cccc(=O)n2C3)c(Br)c1O. The van der Waals surface area contributed by atoms with Crippen LogP contribution in [0.3, 0.4) is 0 Å². The van der Waals surface area contributed by atoms with E-state index in [0.29, 0.717) is 22.1 Å². The first kappa shape index (κ1) is 16.7. The number of phenols is 1. The lowest BCUT2D eigenvalue weighted by Gasteiger charge is -2.42. The molecule has 0 aliphatic carbocycles. The predicted molar refractivity (Wildman–Crippen MR) is 99.2 cm³/mol. The van der Waals surface area contributed by atoms with E-state index in [1.54, 1.807) is 19.2 Å². The number of pyridine rings is 1. The van der Waals surface area contributed by atoms with E-state index in [9.17, 15) is 9.90 Å². The quantitative estimate of drug-likeness (QED) is 0.854. The van der Waals surface area contributed by atoms with E-state index in [1.165, 1.54) is 0 Å². The number of rotatable bonds is 3. The fourth-order valence-electron chi connectivity index (χ4n) is 4.24. The van der Waals surface area contributed by atoms with E-state index in [1.807, 2.05) is 16.7 Å². The largest absolute Gasteiger partial charge is 0.503 e. The van der Waals surface area contributed by atoms with Gasteiger partial charge in [-0.2, -0.15) is 0 Å². The van der Waals surface area contributed by atoms with Crippen LogP contribution in [0.2, 0.25) is 0 Å². The molecule has 132 valence electrons. The molecule has 2 bridgehead atoms. The number of halogens is 1. The molecule has 1 saturated heterocycles. The Bertz CT molecular complexity index is 864. The minimum Gasteiger partial charge on any atom is -0.503 e. The number of nitrogens with zero attached hydrogens (tertiary/aromatic N) is 2. The second-order valence-electron chi connectivity index (χ2n) is 6.98. The normalized spacial score (nSPS) is 22.5. The maximum Gasteiger partial charge on any atom is 0.250 e. The topological polar surface area (TPSA) is 54.7 Å². The number of piperidine rings is 1. The molecule has 1 N–H and O–H groups in total. The smallest absolute Gasteiger partial charge is 0.250 e. The average Bonchev–Trinajstić information content (AvgIpc) is 2.60. The highest BCUT2D eigenvalue weighted by Crippen LogP contribution is 2.39. The molecule has 5 nitrogen and oxygen atoms in total. The molecular formula is C19H21BrN2O3. The van der Waals surface area contributed by atoms with Gasteiger partial charge in [0.2, 0.25) is 0 Å². The van der Waals surface area contributed by atoms with Gasteiger partial charge in [-0.05, 0) is 46.0 Å².